The lowest BCUT2D eigenvalue weighted by atomic mass is 9.94. The van der Waals surface area contributed by atoms with Crippen molar-refractivity contribution in [3.05, 3.63) is 160 Å². The Labute approximate surface area is 393 Å². The Bertz CT molecular complexity index is 2590. The van der Waals surface area contributed by atoms with Gasteiger partial charge < -0.3 is 19.6 Å². The molecule has 0 aliphatic carbocycles. The second kappa shape index (κ2) is 23.6. The topological polar surface area (TPSA) is 94.9 Å². The third-order valence-electron chi connectivity index (χ3n) is 11.7. The molecule has 0 radical (unpaired) electrons. The predicted molar refractivity (Wildman–Crippen MR) is 263 cm³/mol. The largest absolute Gasteiger partial charge is 0.492 e. The fourth-order valence-corrected chi connectivity index (χ4v) is 8.02. The van der Waals surface area contributed by atoms with Crippen molar-refractivity contribution in [1.29, 1.82) is 0 Å². The monoisotopic (exact) mass is 904 g/mol. The highest BCUT2D eigenvalue weighted by atomic mass is 35.5. The summed E-state index contributed by atoms with van der Waals surface area (Å²) in [4.78, 5) is 31.4. The summed E-state index contributed by atoms with van der Waals surface area (Å²) in [5, 5.41) is 10.4. The summed E-state index contributed by atoms with van der Waals surface area (Å²) in [7, 11) is 2.09. The van der Waals surface area contributed by atoms with Crippen LogP contribution in [0.25, 0.3) is 22.3 Å². The predicted octanol–water partition coefficient (Wildman–Crippen LogP) is 10.4. The maximum atomic E-state index is 10.9. The summed E-state index contributed by atoms with van der Waals surface area (Å²) in [6.07, 6.45) is 10.3. The van der Waals surface area contributed by atoms with Gasteiger partial charge in [0.15, 0.2) is 0 Å². The zero-order valence-corrected chi connectivity index (χ0v) is 38.5. The van der Waals surface area contributed by atoms with E-state index in [1.807, 2.05) is 129 Å². The maximum absolute atomic E-state index is 10.9. The van der Waals surface area contributed by atoms with Gasteiger partial charge in [0.1, 0.15) is 29.6 Å². The molecule has 11 heteroatoms. The molecule has 0 atom stereocenters. The van der Waals surface area contributed by atoms with Crippen molar-refractivity contribution in [2.45, 2.75) is 39.0 Å². The van der Waals surface area contributed by atoms with Crippen LogP contribution in [0.15, 0.2) is 122 Å². The third-order valence-corrected chi connectivity index (χ3v) is 12.2. The molecule has 0 bridgehead atoms. The van der Waals surface area contributed by atoms with E-state index in [4.69, 9.17) is 33.0 Å². The van der Waals surface area contributed by atoms with Crippen molar-refractivity contribution in [1.82, 2.24) is 24.8 Å². The first-order chi connectivity index (χ1) is 31.6. The van der Waals surface area contributed by atoms with Crippen LogP contribution >= 0.6 is 23.2 Å². The highest BCUT2D eigenvalue weighted by Crippen LogP contribution is 2.24. The standard InChI is InChI=1S/C29H29ClN2O3.C25H25ClN4/c1-21-18-22(2-9-27-10-6-25(20-31-27)24-4-7-26(30)8-5-24)3-11-28(21)35-17-16-32-14-12-23(13-15-32)19-29(33)34;1-29(16-17-30-14-2-3-15-30)25-13-5-20(18-28-25)4-11-24-12-8-22(19-27-24)21-6-9-23(26)10-7-21/h3-8,10-11,18,20,23H,12-17,19H2,1H3,(H,33,34);5-10,12-13,18-19H,2-3,14-17H2,1H3. The Morgan fingerprint density at radius 3 is 1.75 bits per heavy atom. The van der Waals surface area contributed by atoms with E-state index in [2.05, 4.69) is 60.4 Å². The van der Waals surface area contributed by atoms with Gasteiger partial charge in [0.05, 0.1) is 0 Å². The number of halogens is 2. The molecule has 2 fully saturated rings. The Morgan fingerprint density at radius 1 is 0.677 bits per heavy atom. The van der Waals surface area contributed by atoms with E-state index in [0.29, 0.717) is 23.2 Å². The average molecular weight is 906 g/mol. The number of benzene rings is 3. The van der Waals surface area contributed by atoms with Crippen LogP contribution in [0.3, 0.4) is 0 Å². The number of aliphatic carboxylic acids is 1. The second-order valence-electron chi connectivity index (χ2n) is 16.5. The van der Waals surface area contributed by atoms with E-state index in [1.54, 1.807) is 0 Å². The van der Waals surface area contributed by atoms with Crippen molar-refractivity contribution in [2.24, 2.45) is 5.92 Å². The minimum atomic E-state index is -0.696. The van der Waals surface area contributed by atoms with E-state index in [-0.39, 0.29) is 6.42 Å². The zero-order chi connectivity index (χ0) is 45.4. The van der Waals surface area contributed by atoms with Crippen LogP contribution in [0.4, 0.5) is 5.82 Å². The number of aryl methyl sites for hydroxylation is 1. The van der Waals surface area contributed by atoms with Gasteiger partial charge in [0.2, 0.25) is 0 Å². The molecule has 1 N–H and O–H groups in total. The van der Waals surface area contributed by atoms with E-state index in [0.717, 1.165) is 107 Å². The summed E-state index contributed by atoms with van der Waals surface area (Å²) in [6.45, 7) is 9.89. The number of piperidine rings is 1. The number of likely N-dealkylation sites (tertiary alicyclic amines) is 2. The number of anilines is 1. The number of likely N-dealkylation sites (N-methyl/N-ethyl adjacent to an activating group) is 1. The number of aromatic nitrogens is 3. The Morgan fingerprint density at radius 2 is 1.23 bits per heavy atom. The first kappa shape index (κ1) is 46.8. The third kappa shape index (κ3) is 14.7. The molecule has 6 aromatic rings. The van der Waals surface area contributed by atoms with Gasteiger partial charge in [-0.3, -0.25) is 9.69 Å². The molecule has 3 aromatic carbocycles. The summed E-state index contributed by atoms with van der Waals surface area (Å²) in [5.74, 6) is 14.0. The summed E-state index contributed by atoms with van der Waals surface area (Å²) in [5.41, 5.74) is 8.51. The smallest absolute Gasteiger partial charge is 0.303 e. The number of nitrogens with zero attached hydrogens (tertiary/aromatic N) is 6. The normalized spacial score (nSPS) is 14.0. The number of carboxylic acids is 1. The molecule has 2 saturated heterocycles. The summed E-state index contributed by atoms with van der Waals surface area (Å²) >= 11 is 11.9. The number of rotatable bonds is 12. The minimum absolute atomic E-state index is 0.281. The average Bonchev–Trinajstić information content (AvgIpc) is 3.86. The van der Waals surface area contributed by atoms with Crippen LogP contribution in [-0.4, -0.2) is 95.3 Å². The molecule has 9 nitrogen and oxygen atoms in total. The molecule has 0 unspecified atom stereocenters. The fraction of sp³-hybridized carbons (Fsp3) is 0.296. The molecule has 2 aliphatic rings. The molecule has 3 aromatic heterocycles. The Balaban J connectivity index is 0.000000196. The number of carbonyl (C=O) groups is 1. The summed E-state index contributed by atoms with van der Waals surface area (Å²) < 4.78 is 6.01. The number of hydrogen-bond acceptors (Lipinski definition) is 8. The number of hydrogen-bond donors (Lipinski definition) is 1. The SMILES string of the molecule is CN(CCN1CCCC1)c1ccc(C#Cc2ccc(-c3ccc(Cl)cc3)cn2)cn1.Cc1cc(C#Cc2ccc(-c3ccc(Cl)cc3)cn2)ccc1OCCN1CCC(CC(=O)O)CC1. The van der Waals surface area contributed by atoms with Crippen LogP contribution in [0, 0.1) is 36.5 Å². The first-order valence-corrected chi connectivity index (χ1v) is 22.9. The second-order valence-corrected chi connectivity index (χ2v) is 17.3. The minimum Gasteiger partial charge on any atom is -0.492 e. The molecular formula is C54H54Cl2N6O3. The van der Waals surface area contributed by atoms with Crippen molar-refractivity contribution < 1.29 is 14.6 Å². The molecular weight excluding hydrogens is 852 g/mol. The molecule has 2 aliphatic heterocycles. The lowest BCUT2D eigenvalue weighted by molar-refractivity contribution is -0.138. The number of carboxylic acid groups (broad SMARTS) is 1. The van der Waals surface area contributed by atoms with Crippen molar-refractivity contribution >= 4 is 35.0 Å². The van der Waals surface area contributed by atoms with E-state index < -0.39 is 5.97 Å². The van der Waals surface area contributed by atoms with Crippen LogP contribution in [0.5, 0.6) is 5.75 Å². The Kier molecular flexibility index (Phi) is 17.0. The molecule has 65 heavy (non-hydrogen) atoms. The fourth-order valence-electron chi connectivity index (χ4n) is 7.77. The van der Waals surface area contributed by atoms with Gasteiger partial charge in [-0.25, -0.2) is 15.0 Å². The molecule has 0 spiro atoms. The van der Waals surface area contributed by atoms with Gasteiger partial charge in [-0.15, -0.1) is 0 Å². The molecule has 0 saturated carbocycles. The van der Waals surface area contributed by atoms with Crippen molar-refractivity contribution in [3.8, 4) is 51.7 Å². The van der Waals surface area contributed by atoms with Gasteiger partial charge in [-0.1, -0.05) is 71.4 Å². The highest BCUT2D eigenvalue weighted by Gasteiger charge is 2.21. The molecule has 0 amide bonds. The summed E-state index contributed by atoms with van der Waals surface area (Å²) in [6, 6.07) is 33.3. The van der Waals surface area contributed by atoms with Crippen molar-refractivity contribution in [2.75, 3.05) is 64.4 Å². The van der Waals surface area contributed by atoms with Gasteiger partial charge in [0.25, 0.3) is 0 Å². The van der Waals surface area contributed by atoms with Crippen molar-refractivity contribution in [3.63, 3.8) is 0 Å². The first-order valence-electron chi connectivity index (χ1n) is 22.2. The van der Waals surface area contributed by atoms with E-state index in [9.17, 15) is 4.79 Å². The maximum Gasteiger partial charge on any atom is 0.303 e. The molecule has 332 valence electrons. The lowest BCUT2D eigenvalue weighted by Gasteiger charge is -2.31. The number of pyridine rings is 3. The molecule has 8 rings (SSSR count). The highest BCUT2D eigenvalue weighted by molar-refractivity contribution is 6.30. The van der Waals surface area contributed by atoms with Gasteiger partial charge >= 0.3 is 5.97 Å². The lowest BCUT2D eigenvalue weighted by Crippen LogP contribution is -2.37. The van der Waals surface area contributed by atoms with Gasteiger partial charge in [0, 0.05) is 84.0 Å². The van der Waals surface area contributed by atoms with Crippen LogP contribution in [0.2, 0.25) is 10.0 Å². The van der Waals surface area contributed by atoms with Gasteiger partial charge in [-0.05, 0) is 160 Å². The van der Waals surface area contributed by atoms with Crippen LogP contribution < -0.4 is 9.64 Å². The van der Waals surface area contributed by atoms with Crippen LogP contribution in [-0.2, 0) is 4.79 Å². The Hall–Kier alpha value is -6.20. The number of ether oxygens (including phenoxy) is 1. The zero-order valence-electron chi connectivity index (χ0n) is 37.0. The van der Waals surface area contributed by atoms with E-state index in [1.165, 1.54) is 25.9 Å². The molecule has 5 heterocycles. The van der Waals surface area contributed by atoms with Gasteiger partial charge in [-0.2, -0.15) is 0 Å². The van der Waals surface area contributed by atoms with Crippen LogP contribution in [0.1, 0.15) is 60.2 Å². The quantitative estimate of drug-likeness (QED) is 0.121. The van der Waals surface area contributed by atoms with E-state index >= 15 is 0 Å².